The number of para-hydroxylation sites is 1. The van der Waals surface area contributed by atoms with E-state index in [0.29, 0.717) is 12.0 Å². The van der Waals surface area contributed by atoms with Crippen molar-refractivity contribution in [1.29, 1.82) is 0 Å². The van der Waals surface area contributed by atoms with Gasteiger partial charge in [-0.1, -0.05) is 30.4 Å². The maximum Gasteiger partial charge on any atom is 0.125 e. The van der Waals surface area contributed by atoms with Crippen LogP contribution < -0.4 is 4.90 Å². The van der Waals surface area contributed by atoms with Crippen LogP contribution in [0.5, 0.6) is 0 Å². The summed E-state index contributed by atoms with van der Waals surface area (Å²) in [5.41, 5.74) is 4.00. The smallest absolute Gasteiger partial charge is 0.125 e. The highest BCUT2D eigenvalue weighted by atomic mass is 19.1. The molecule has 2 atom stereocenters. The van der Waals surface area contributed by atoms with Gasteiger partial charge >= 0.3 is 0 Å². The first-order valence-corrected chi connectivity index (χ1v) is 7.60. The third-order valence-corrected chi connectivity index (χ3v) is 4.64. The molecule has 0 saturated heterocycles. The molecular formula is C19H17FN2. The number of anilines is 2. The van der Waals surface area contributed by atoms with E-state index < -0.39 is 0 Å². The second-order valence-corrected chi connectivity index (χ2v) is 5.82. The minimum Gasteiger partial charge on any atom is -0.335 e. The highest BCUT2D eigenvalue weighted by Crippen LogP contribution is 2.50. The first-order chi connectivity index (χ1) is 10.8. The lowest BCUT2D eigenvalue weighted by molar-refractivity contribution is 0.563. The Labute approximate surface area is 129 Å². The molecule has 2 aromatic carbocycles. The van der Waals surface area contributed by atoms with Gasteiger partial charge in [-0.15, -0.1) is 0 Å². The molecule has 0 radical (unpaired) electrons. The van der Waals surface area contributed by atoms with Crippen LogP contribution in [-0.4, -0.2) is 12.8 Å². The number of nitrogens with zero attached hydrogens (tertiary/aromatic N) is 2. The van der Waals surface area contributed by atoms with E-state index in [-0.39, 0.29) is 5.82 Å². The molecule has 0 saturated carbocycles. The number of aliphatic imine (C=N–C) groups is 1. The monoisotopic (exact) mass is 292 g/mol. The van der Waals surface area contributed by atoms with E-state index in [1.54, 1.807) is 12.1 Å². The highest BCUT2D eigenvalue weighted by Gasteiger charge is 2.39. The molecule has 2 unspecified atom stereocenters. The third kappa shape index (κ3) is 1.89. The maximum absolute atomic E-state index is 13.8. The Bertz CT molecular complexity index is 766. The van der Waals surface area contributed by atoms with Gasteiger partial charge in [0, 0.05) is 17.6 Å². The van der Waals surface area contributed by atoms with Gasteiger partial charge in [0.2, 0.25) is 0 Å². The fourth-order valence-electron chi connectivity index (χ4n) is 3.72. The van der Waals surface area contributed by atoms with Crippen LogP contribution in [0, 0.1) is 5.82 Å². The molecule has 0 spiro atoms. The lowest BCUT2D eigenvalue weighted by atomic mass is 9.87. The molecular weight excluding hydrogens is 275 g/mol. The summed E-state index contributed by atoms with van der Waals surface area (Å²) in [5, 5.41) is 0. The van der Waals surface area contributed by atoms with Gasteiger partial charge in [0.15, 0.2) is 0 Å². The van der Waals surface area contributed by atoms with E-state index >= 15 is 0 Å². The normalized spacial score (nSPS) is 22.3. The molecule has 3 heteroatoms. The predicted octanol–water partition coefficient (Wildman–Crippen LogP) is 5.11. The lowest BCUT2D eigenvalue weighted by Gasteiger charge is -2.32. The molecule has 0 aromatic heterocycles. The molecule has 1 aliphatic carbocycles. The van der Waals surface area contributed by atoms with Crippen LogP contribution in [0.4, 0.5) is 21.5 Å². The second kappa shape index (κ2) is 5.09. The minimum atomic E-state index is -0.241. The van der Waals surface area contributed by atoms with E-state index in [4.69, 9.17) is 0 Å². The van der Waals surface area contributed by atoms with Gasteiger partial charge in [-0.2, -0.15) is 0 Å². The average molecular weight is 292 g/mol. The topological polar surface area (TPSA) is 15.6 Å². The highest BCUT2D eigenvalue weighted by molar-refractivity contribution is 5.81. The lowest BCUT2D eigenvalue weighted by Crippen LogP contribution is -2.31. The van der Waals surface area contributed by atoms with Crippen molar-refractivity contribution in [2.24, 2.45) is 4.99 Å². The van der Waals surface area contributed by atoms with E-state index in [9.17, 15) is 4.39 Å². The maximum atomic E-state index is 13.8. The fourth-order valence-corrected chi connectivity index (χ4v) is 3.72. The van der Waals surface area contributed by atoms with Crippen molar-refractivity contribution < 1.29 is 4.39 Å². The zero-order valence-corrected chi connectivity index (χ0v) is 12.2. The van der Waals surface area contributed by atoms with Crippen LogP contribution in [-0.2, 0) is 0 Å². The minimum absolute atomic E-state index is 0.241. The van der Waals surface area contributed by atoms with Gasteiger partial charge in [-0.3, -0.25) is 4.99 Å². The predicted molar refractivity (Wildman–Crippen MR) is 89.1 cm³/mol. The van der Waals surface area contributed by atoms with Crippen LogP contribution in [0.2, 0.25) is 0 Å². The van der Waals surface area contributed by atoms with Crippen molar-refractivity contribution in [2.45, 2.75) is 24.8 Å². The van der Waals surface area contributed by atoms with Crippen molar-refractivity contribution in [1.82, 2.24) is 0 Å². The Morgan fingerprint density at radius 1 is 1.14 bits per heavy atom. The van der Waals surface area contributed by atoms with Crippen molar-refractivity contribution in [3.63, 3.8) is 0 Å². The summed E-state index contributed by atoms with van der Waals surface area (Å²) in [7, 11) is 0. The molecule has 0 fully saturated rings. The largest absolute Gasteiger partial charge is 0.335 e. The Morgan fingerprint density at radius 2 is 2.00 bits per heavy atom. The van der Waals surface area contributed by atoms with Gasteiger partial charge in [0.05, 0.1) is 11.4 Å². The Balaban J connectivity index is 1.93. The molecule has 4 rings (SSSR count). The quantitative estimate of drug-likeness (QED) is 0.554. The Hall–Kier alpha value is -2.42. The number of fused-ring (bicyclic) bond motifs is 3. The molecule has 2 nitrogen and oxygen atoms in total. The van der Waals surface area contributed by atoms with Crippen LogP contribution in [0.25, 0.3) is 0 Å². The zero-order valence-electron chi connectivity index (χ0n) is 12.2. The number of benzene rings is 2. The van der Waals surface area contributed by atoms with E-state index in [1.807, 2.05) is 6.07 Å². The first kappa shape index (κ1) is 13.3. The van der Waals surface area contributed by atoms with Gasteiger partial charge in [0.25, 0.3) is 0 Å². The third-order valence-electron chi connectivity index (χ3n) is 4.64. The second-order valence-electron chi connectivity index (χ2n) is 5.82. The molecule has 2 aromatic rings. The van der Waals surface area contributed by atoms with Crippen molar-refractivity contribution in [3.05, 3.63) is 66.0 Å². The number of allylic oxidation sites excluding steroid dienone is 1. The van der Waals surface area contributed by atoms with Crippen molar-refractivity contribution in [3.8, 4) is 0 Å². The van der Waals surface area contributed by atoms with Crippen LogP contribution in [0.1, 0.15) is 24.3 Å². The van der Waals surface area contributed by atoms with Crippen molar-refractivity contribution >= 4 is 23.8 Å². The van der Waals surface area contributed by atoms with Crippen LogP contribution in [0.3, 0.4) is 0 Å². The average Bonchev–Trinajstić information content (AvgIpc) is 2.89. The van der Waals surface area contributed by atoms with Gasteiger partial charge < -0.3 is 4.90 Å². The zero-order chi connectivity index (χ0) is 15.1. The number of hydrogen-bond donors (Lipinski definition) is 0. The molecule has 1 heterocycles. The van der Waals surface area contributed by atoms with Gasteiger partial charge in [-0.25, -0.2) is 4.39 Å². The molecule has 2 aliphatic rings. The summed E-state index contributed by atoms with van der Waals surface area (Å²) in [4.78, 5) is 6.34. The van der Waals surface area contributed by atoms with Crippen LogP contribution in [0.15, 0.2) is 59.6 Å². The number of halogens is 1. The standard InChI is InChI=1S/C19H17FN2/c1-21-16-11-10-13(20)12-19(16)22-17-8-4-2-6-14(17)15-7-3-5-9-18(15)22/h2-4,6-8,10-12,15,18H,1,5,9H2. The fraction of sp³-hybridized carbons (Fsp3) is 0.211. The summed E-state index contributed by atoms with van der Waals surface area (Å²) in [6.07, 6.45) is 6.65. The summed E-state index contributed by atoms with van der Waals surface area (Å²) >= 11 is 0. The Morgan fingerprint density at radius 3 is 2.86 bits per heavy atom. The summed E-state index contributed by atoms with van der Waals surface area (Å²) < 4.78 is 13.8. The van der Waals surface area contributed by atoms with Gasteiger partial charge in [0.1, 0.15) is 5.82 Å². The molecule has 0 bridgehead atoms. The van der Waals surface area contributed by atoms with Crippen LogP contribution >= 0.6 is 0 Å². The Kier molecular flexibility index (Phi) is 3.07. The molecule has 1 aliphatic heterocycles. The van der Waals surface area contributed by atoms with Gasteiger partial charge in [-0.05, 0) is 49.4 Å². The summed E-state index contributed by atoms with van der Waals surface area (Å²) in [6, 6.07) is 13.4. The molecule has 22 heavy (non-hydrogen) atoms. The van der Waals surface area contributed by atoms with E-state index in [2.05, 4.69) is 47.0 Å². The molecule has 110 valence electrons. The molecule has 0 N–H and O–H groups in total. The summed E-state index contributed by atoms with van der Waals surface area (Å²) in [6.45, 7) is 3.64. The van der Waals surface area contributed by atoms with E-state index in [0.717, 1.165) is 29.9 Å². The number of hydrogen-bond acceptors (Lipinski definition) is 2. The van der Waals surface area contributed by atoms with E-state index in [1.165, 1.54) is 11.6 Å². The SMILES string of the molecule is C=Nc1ccc(F)cc1N1c2ccccc2C2C=CCCC21. The molecule has 0 amide bonds. The van der Waals surface area contributed by atoms with Crippen molar-refractivity contribution in [2.75, 3.05) is 4.90 Å². The number of rotatable bonds is 2. The summed E-state index contributed by atoms with van der Waals surface area (Å²) in [5.74, 6) is 0.126. The first-order valence-electron chi connectivity index (χ1n) is 7.60.